The first-order valence-corrected chi connectivity index (χ1v) is 6.58. The van der Waals surface area contributed by atoms with E-state index in [2.05, 4.69) is 14.6 Å². The quantitative estimate of drug-likeness (QED) is 0.812. The van der Waals surface area contributed by atoms with Crippen LogP contribution in [0.25, 0.3) is 0 Å². The van der Waals surface area contributed by atoms with Gasteiger partial charge in [-0.25, -0.2) is 9.78 Å². The predicted molar refractivity (Wildman–Crippen MR) is 70.1 cm³/mol. The van der Waals surface area contributed by atoms with Gasteiger partial charge in [0.2, 0.25) is 0 Å². The summed E-state index contributed by atoms with van der Waals surface area (Å²) in [4.78, 5) is 18.2. The number of nitrogens with two attached hydrogens (primary N) is 1. The number of carbonyl (C=O) groups is 1. The highest BCUT2D eigenvalue weighted by Gasteiger charge is 2.26. The van der Waals surface area contributed by atoms with Gasteiger partial charge in [0.1, 0.15) is 0 Å². The second-order valence-electron chi connectivity index (χ2n) is 4.36. The smallest absolute Gasteiger partial charge is 0.351 e. The summed E-state index contributed by atoms with van der Waals surface area (Å²) in [5, 5.41) is 0.745. The van der Waals surface area contributed by atoms with E-state index in [1.807, 2.05) is 13.8 Å². The summed E-state index contributed by atoms with van der Waals surface area (Å²) in [5.74, 6) is -0.209. The number of hydrogen-bond donors (Lipinski definition) is 1. The van der Waals surface area contributed by atoms with Crippen LogP contribution in [-0.2, 0) is 9.47 Å². The highest BCUT2D eigenvalue weighted by molar-refractivity contribution is 7.18. The van der Waals surface area contributed by atoms with Gasteiger partial charge in [-0.1, -0.05) is 11.3 Å². The molecule has 18 heavy (non-hydrogen) atoms. The van der Waals surface area contributed by atoms with Gasteiger partial charge in [-0.2, -0.15) is 0 Å². The number of hydrogen-bond acceptors (Lipinski definition) is 7. The molecule has 100 valence electrons. The lowest BCUT2D eigenvalue weighted by Gasteiger charge is -2.35. The van der Waals surface area contributed by atoms with E-state index in [1.165, 1.54) is 18.4 Å². The molecule has 0 unspecified atom stereocenters. The van der Waals surface area contributed by atoms with Gasteiger partial charge in [0.05, 0.1) is 19.3 Å². The van der Waals surface area contributed by atoms with Crippen molar-refractivity contribution in [3.05, 3.63) is 4.88 Å². The predicted octanol–water partition coefficient (Wildman–Crippen LogP) is 1.13. The minimum atomic E-state index is -0.439. The average molecular weight is 271 g/mol. The molecule has 1 aromatic heterocycles. The fraction of sp³-hybridized carbons (Fsp3) is 0.636. The van der Waals surface area contributed by atoms with Gasteiger partial charge in [-0.15, -0.1) is 0 Å². The van der Waals surface area contributed by atoms with Crippen LogP contribution in [0.2, 0.25) is 0 Å². The fourth-order valence-corrected chi connectivity index (χ4v) is 2.95. The van der Waals surface area contributed by atoms with Crippen molar-refractivity contribution in [1.82, 2.24) is 4.98 Å². The average Bonchev–Trinajstić information content (AvgIpc) is 2.69. The molecule has 6 nitrogen and oxygen atoms in total. The molecule has 0 spiro atoms. The van der Waals surface area contributed by atoms with E-state index < -0.39 is 5.97 Å². The number of esters is 1. The number of nitrogens with zero attached hydrogens (tertiary/aromatic N) is 2. The lowest BCUT2D eigenvalue weighted by molar-refractivity contribution is -0.00522. The molecular weight excluding hydrogens is 254 g/mol. The Balaban J connectivity index is 2.21. The number of ether oxygens (including phenoxy) is 2. The van der Waals surface area contributed by atoms with E-state index in [0.29, 0.717) is 4.88 Å². The van der Waals surface area contributed by atoms with Crippen molar-refractivity contribution in [2.75, 3.05) is 30.8 Å². The minimum Gasteiger partial charge on any atom is -0.465 e. The monoisotopic (exact) mass is 271 g/mol. The maximum atomic E-state index is 11.5. The molecule has 7 heteroatoms. The molecule has 1 fully saturated rings. The van der Waals surface area contributed by atoms with Crippen molar-refractivity contribution in [3.63, 3.8) is 0 Å². The van der Waals surface area contributed by atoms with Gasteiger partial charge >= 0.3 is 5.97 Å². The number of carbonyl (C=O) groups excluding carboxylic acids is 1. The summed E-state index contributed by atoms with van der Waals surface area (Å²) < 4.78 is 10.3. The van der Waals surface area contributed by atoms with E-state index in [1.54, 1.807) is 0 Å². The second-order valence-corrected chi connectivity index (χ2v) is 5.34. The number of nitrogen functional groups attached to an aromatic ring is 1. The van der Waals surface area contributed by atoms with Crippen LogP contribution < -0.4 is 10.6 Å². The highest BCUT2D eigenvalue weighted by atomic mass is 32.1. The summed E-state index contributed by atoms with van der Waals surface area (Å²) in [6.07, 6.45) is 0.279. The van der Waals surface area contributed by atoms with Gasteiger partial charge in [0.25, 0.3) is 0 Å². The Morgan fingerprint density at radius 3 is 2.67 bits per heavy atom. The zero-order valence-electron chi connectivity index (χ0n) is 10.7. The van der Waals surface area contributed by atoms with E-state index in [0.717, 1.165) is 18.2 Å². The van der Waals surface area contributed by atoms with Crippen molar-refractivity contribution in [3.8, 4) is 0 Å². The van der Waals surface area contributed by atoms with E-state index >= 15 is 0 Å². The second kappa shape index (κ2) is 5.11. The van der Waals surface area contributed by atoms with Crippen LogP contribution in [-0.4, -0.2) is 43.4 Å². The van der Waals surface area contributed by atoms with Gasteiger partial charge < -0.3 is 20.1 Å². The van der Waals surface area contributed by atoms with Gasteiger partial charge in [0, 0.05) is 13.1 Å². The van der Waals surface area contributed by atoms with Crippen LogP contribution in [0.1, 0.15) is 23.5 Å². The summed E-state index contributed by atoms with van der Waals surface area (Å²) >= 11 is 1.26. The van der Waals surface area contributed by atoms with Crippen molar-refractivity contribution >= 4 is 28.3 Å². The Morgan fingerprint density at radius 1 is 1.50 bits per heavy atom. The Bertz CT molecular complexity index is 439. The number of morpholine rings is 1. The molecule has 0 bridgehead atoms. The first-order valence-electron chi connectivity index (χ1n) is 5.76. The van der Waals surface area contributed by atoms with Gasteiger partial charge in [-0.05, 0) is 13.8 Å². The number of rotatable bonds is 2. The highest BCUT2D eigenvalue weighted by Crippen LogP contribution is 2.30. The summed E-state index contributed by atoms with van der Waals surface area (Å²) in [6, 6.07) is 0. The Kier molecular flexibility index (Phi) is 3.72. The van der Waals surface area contributed by atoms with Crippen molar-refractivity contribution in [2.24, 2.45) is 0 Å². The zero-order valence-corrected chi connectivity index (χ0v) is 11.5. The van der Waals surface area contributed by atoms with Gasteiger partial charge in [0.15, 0.2) is 15.8 Å². The van der Waals surface area contributed by atoms with Crippen LogP contribution in [0.3, 0.4) is 0 Å². The minimum absolute atomic E-state index is 0.139. The first-order chi connectivity index (χ1) is 8.51. The Morgan fingerprint density at radius 2 is 2.11 bits per heavy atom. The molecule has 2 N–H and O–H groups in total. The molecule has 2 atom stereocenters. The van der Waals surface area contributed by atoms with Crippen molar-refractivity contribution in [2.45, 2.75) is 26.1 Å². The maximum Gasteiger partial charge on any atom is 0.351 e. The molecule has 1 aromatic rings. The summed E-state index contributed by atoms with van der Waals surface area (Å²) in [5.41, 5.74) is 5.73. The molecule has 0 aromatic carbocycles. The molecule has 1 saturated heterocycles. The van der Waals surface area contributed by atoms with Gasteiger partial charge in [-0.3, -0.25) is 0 Å². The Hall–Kier alpha value is -1.34. The normalized spacial score (nSPS) is 24.1. The zero-order chi connectivity index (χ0) is 13.3. The lowest BCUT2D eigenvalue weighted by atomic mass is 10.2. The first kappa shape index (κ1) is 13.1. The third-order valence-electron chi connectivity index (χ3n) is 2.70. The third kappa shape index (κ3) is 2.56. The van der Waals surface area contributed by atoms with Crippen LogP contribution >= 0.6 is 11.3 Å². The standard InChI is InChI=1S/C11H17N3O3S/c1-6-4-14(5-7(2)17-6)11-13-9(12)8(18-11)10(15)16-3/h6-7H,4-5,12H2,1-3H3/t6-,7-/m0/s1. The summed E-state index contributed by atoms with van der Waals surface area (Å²) in [7, 11) is 1.33. The third-order valence-corrected chi connectivity index (χ3v) is 3.81. The topological polar surface area (TPSA) is 77.7 Å². The molecule has 0 aliphatic carbocycles. The number of anilines is 2. The number of methoxy groups -OCH3 is 1. The van der Waals surface area contributed by atoms with Crippen LogP contribution in [0.5, 0.6) is 0 Å². The molecule has 0 radical (unpaired) electrons. The van der Waals surface area contributed by atoms with E-state index in [9.17, 15) is 4.79 Å². The molecule has 2 heterocycles. The fourth-order valence-electron chi connectivity index (χ4n) is 2.03. The molecule has 2 rings (SSSR count). The molecular formula is C11H17N3O3S. The molecule has 0 amide bonds. The number of aromatic nitrogens is 1. The van der Waals surface area contributed by atoms with Crippen LogP contribution in [0, 0.1) is 0 Å². The Labute approximate surface area is 110 Å². The van der Waals surface area contributed by atoms with Crippen LogP contribution in [0.4, 0.5) is 10.9 Å². The maximum absolute atomic E-state index is 11.5. The largest absolute Gasteiger partial charge is 0.465 e. The van der Waals surface area contributed by atoms with Crippen molar-refractivity contribution in [1.29, 1.82) is 0 Å². The summed E-state index contributed by atoms with van der Waals surface area (Å²) in [6.45, 7) is 5.53. The molecule has 1 aliphatic heterocycles. The van der Waals surface area contributed by atoms with Crippen molar-refractivity contribution < 1.29 is 14.3 Å². The van der Waals surface area contributed by atoms with E-state index in [4.69, 9.17) is 10.5 Å². The lowest BCUT2D eigenvalue weighted by Crippen LogP contribution is -2.45. The van der Waals surface area contributed by atoms with E-state index in [-0.39, 0.29) is 18.0 Å². The number of thiazole rings is 1. The molecule has 1 aliphatic rings. The molecule has 0 saturated carbocycles. The SMILES string of the molecule is COC(=O)c1sc(N2C[C@H](C)O[C@@H](C)C2)nc1N. The van der Waals surface area contributed by atoms with Crippen LogP contribution in [0.15, 0.2) is 0 Å².